The van der Waals surface area contributed by atoms with E-state index >= 15 is 0 Å². The van der Waals surface area contributed by atoms with Gasteiger partial charge in [-0.05, 0) is 79.1 Å². The molecule has 8 heteroatoms. The highest BCUT2D eigenvalue weighted by atomic mass is 32.1. The number of thiophene rings is 1. The monoisotopic (exact) mass is 509 g/mol. The summed E-state index contributed by atoms with van der Waals surface area (Å²) < 4.78 is 19.2. The van der Waals surface area contributed by atoms with E-state index in [9.17, 15) is 14.0 Å². The number of hydrogen-bond donors (Lipinski definition) is 1. The molecule has 1 atom stereocenters. The molecule has 0 spiro atoms. The van der Waals surface area contributed by atoms with Crippen LogP contribution in [0.25, 0.3) is 0 Å². The van der Waals surface area contributed by atoms with Gasteiger partial charge in [0.25, 0.3) is 0 Å². The molecule has 190 valence electrons. The van der Waals surface area contributed by atoms with E-state index in [1.165, 1.54) is 12.1 Å². The highest BCUT2D eigenvalue weighted by molar-refractivity contribution is 7.09. The quantitative estimate of drug-likeness (QED) is 0.400. The third-order valence-corrected chi connectivity index (χ3v) is 7.25. The van der Waals surface area contributed by atoms with Crippen molar-refractivity contribution < 1.29 is 18.7 Å². The number of carbonyl (C=O) groups is 2. The minimum atomic E-state index is -0.333. The summed E-state index contributed by atoms with van der Waals surface area (Å²) in [5, 5.41) is 4.92. The number of nitrogens with one attached hydrogen (secondary N) is 1. The molecule has 6 nitrogen and oxygen atoms in total. The maximum Gasteiger partial charge on any atom is 0.322 e. The van der Waals surface area contributed by atoms with Gasteiger partial charge in [-0.3, -0.25) is 4.79 Å². The second kappa shape index (κ2) is 12.1. The zero-order chi connectivity index (χ0) is 25.5. The summed E-state index contributed by atoms with van der Waals surface area (Å²) in [5.41, 5.74) is 3.74. The molecule has 2 heterocycles. The lowest BCUT2D eigenvalue weighted by atomic mass is 10.1. The minimum Gasteiger partial charge on any atom is -0.376 e. The molecule has 36 heavy (non-hydrogen) atoms. The van der Waals surface area contributed by atoms with Gasteiger partial charge in [-0.15, -0.1) is 11.3 Å². The van der Waals surface area contributed by atoms with Gasteiger partial charge in [0.15, 0.2) is 0 Å². The molecule has 0 bridgehead atoms. The maximum absolute atomic E-state index is 13.6. The van der Waals surface area contributed by atoms with Gasteiger partial charge in [-0.2, -0.15) is 0 Å². The maximum atomic E-state index is 13.6. The molecule has 3 amide bonds. The SMILES string of the molecule is Cc1ccc(NC(=O)N(CC(=O)N(Cc2ccc(F)cc2)Cc2cccs2)C[C@H]2CCCO2)cc1C. The third kappa shape index (κ3) is 7.15. The van der Waals surface area contributed by atoms with E-state index in [1.807, 2.05) is 49.6 Å². The first-order valence-electron chi connectivity index (χ1n) is 12.2. The second-order valence-electron chi connectivity index (χ2n) is 9.20. The third-order valence-electron chi connectivity index (χ3n) is 6.39. The predicted octanol–water partition coefficient (Wildman–Crippen LogP) is 5.75. The van der Waals surface area contributed by atoms with Gasteiger partial charge in [-0.25, -0.2) is 9.18 Å². The molecule has 1 N–H and O–H groups in total. The largest absolute Gasteiger partial charge is 0.376 e. The van der Waals surface area contributed by atoms with Crippen molar-refractivity contribution in [1.29, 1.82) is 0 Å². The van der Waals surface area contributed by atoms with Crippen molar-refractivity contribution in [2.24, 2.45) is 0 Å². The number of anilines is 1. The molecule has 1 fully saturated rings. The summed E-state index contributed by atoms with van der Waals surface area (Å²) in [6.07, 6.45) is 1.71. The standard InChI is InChI=1S/C28H32FN3O3S/c1-20-7-12-24(15-21(20)2)30-28(34)32(17-25-5-3-13-35-25)19-27(33)31(18-26-6-4-14-36-26)16-22-8-10-23(29)11-9-22/h4,6-12,14-15,25H,3,5,13,16-19H2,1-2H3,(H,30,34)/t25-/m1/s1. The van der Waals surface area contributed by atoms with Crippen LogP contribution in [-0.4, -0.2) is 47.5 Å². The van der Waals surface area contributed by atoms with Crippen molar-refractivity contribution in [2.45, 2.75) is 45.9 Å². The highest BCUT2D eigenvalue weighted by Gasteiger charge is 2.27. The number of rotatable bonds is 9. The van der Waals surface area contributed by atoms with Crippen LogP contribution in [0.3, 0.4) is 0 Å². The molecule has 3 aromatic rings. The van der Waals surface area contributed by atoms with Crippen molar-refractivity contribution in [3.63, 3.8) is 0 Å². The molecule has 4 rings (SSSR count). The Kier molecular flexibility index (Phi) is 8.72. The minimum absolute atomic E-state index is 0.0803. The zero-order valence-corrected chi connectivity index (χ0v) is 21.5. The molecule has 0 unspecified atom stereocenters. The Balaban J connectivity index is 1.51. The van der Waals surface area contributed by atoms with Crippen LogP contribution in [0, 0.1) is 19.7 Å². The molecular formula is C28H32FN3O3S. The number of hydrogen-bond acceptors (Lipinski definition) is 4. The highest BCUT2D eigenvalue weighted by Crippen LogP contribution is 2.19. The first kappa shape index (κ1) is 25.9. The molecule has 1 saturated heterocycles. The number of benzene rings is 2. The Hall–Kier alpha value is -3.23. The van der Waals surface area contributed by atoms with Crippen LogP contribution in [0.4, 0.5) is 14.9 Å². The number of amides is 3. The van der Waals surface area contributed by atoms with E-state index in [2.05, 4.69) is 5.32 Å². The van der Waals surface area contributed by atoms with Gasteiger partial charge in [-0.1, -0.05) is 24.3 Å². The zero-order valence-electron chi connectivity index (χ0n) is 20.7. The number of ether oxygens (including phenoxy) is 1. The smallest absolute Gasteiger partial charge is 0.322 e. The summed E-state index contributed by atoms with van der Waals surface area (Å²) in [6.45, 7) is 5.68. The van der Waals surface area contributed by atoms with Crippen LogP contribution in [0.2, 0.25) is 0 Å². The van der Waals surface area contributed by atoms with Crippen LogP contribution in [0.1, 0.15) is 34.4 Å². The van der Waals surface area contributed by atoms with Gasteiger partial charge in [0.1, 0.15) is 12.4 Å². The average molecular weight is 510 g/mol. The number of aryl methyl sites for hydroxylation is 2. The van der Waals surface area contributed by atoms with Crippen LogP contribution in [0.15, 0.2) is 60.0 Å². The molecule has 1 aliphatic rings. The van der Waals surface area contributed by atoms with Gasteiger partial charge in [0.2, 0.25) is 5.91 Å². The number of halogens is 1. The van der Waals surface area contributed by atoms with Crippen molar-refractivity contribution >= 4 is 29.0 Å². The van der Waals surface area contributed by atoms with Crippen LogP contribution in [0.5, 0.6) is 0 Å². The van der Waals surface area contributed by atoms with Crippen LogP contribution in [-0.2, 0) is 22.6 Å². The predicted molar refractivity (Wildman–Crippen MR) is 140 cm³/mol. The summed E-state index contributed by atoms with van der Waals surface area (Å²) in [5.74, 6) is -0.499. The fraction of sp³-hybridized carbons (Fsp3) is 0.357. The van der Waals surface area contributed by atoms with E-state index in [-0.39, 0.29) is 30.4 Å². The second-order valence-corrected chi connectivity index (χ2v) is 10.2. The van der Waals surface area contributed by atoms with Gasteiger partial charge in [0, 0.05) is 30.3 Å². The summed E-state index contributed by atoms with van der Waals surface area (Å²) in [7, 11) is 0. The Morgan fingerprint density at radius 2 is 1.86 bits per heavy atom. The summed E-state index contributed by atoms with van der Waals surface area (Å²) in [6, 6.07) is 15.5. The fourth-order valence-corrected chi connectivity index (χ4v) is 4.89. The number of carbonyl (C=O) groups excluding carboxylic acids is 2. The molecule has 2 aromatic carbocycles. The average Bonchev–Trinajstić information content (AvgIpc) is 3.56. The Labute approximate surface area is 215 Å². The first-order valence-corrected chi connectivity index (χ1v) is 13.0. The fourth-order valence-electron chi connectivity index (χ4n) is 4.17. The van der Waals surface area contributed by atoms with Gasteiger partial charge in [0.05, 0.1) is 12.6 Å². The van der Waals surface area contributed by atoms with Gasteiger partial charge < -0.3 is 19.9 Å². The van der Waals surface area contributed by atoms with E-state index < -0.39 is 0 Å². The lowest BCUT2D eigenvalue weighted by Gasteiger charge is -2.29. The molecule has 1 aromatic heterocycles. The number of urea groups is 1. The van der Waals surface area contributed by atoms with Crippen molar-refractivity contribution in [3.8, 4) is 0 Å². The lowest BCUT2D eigenvalue weighted by molar-refractivity contribution is -0.133. The topological polar surface area (TPSA) is 61.9 Å². The van der Waals surface area contributed by atoms with Crippen molar-refractivity contribution in [2.75, 3.05) is 25.0 Å². The molecule has 0 aliphatic carbocycles. The molecular weight excluding hydrogens is 477 g/mol. The van der Waals surface area contributed by atoms with Crippen molar-refractivity contribution in [3.05, 3.63) is 87.4 Å². The van der Waals surface area contributed by atoms with E-state index in [0.29, 0.717) is 31.9 Å². The Morgan fingerprint density at radius 3 is 2.53 bits per heavy atom. The summed E-state index contributed by atoms with van der Waals surface area (Å²) >= 11 is 1.57. The van der Waals surface area contributed by atoms with E-state index in [1.54, 1.807) is 33.3 Å². The normalized spacial score (nSPS) is 15.0. The molecule has 0 saturated carbocycles. The molecule has 0 radical (unpaired) electrons. The van der Waals surface area contributed by atoms with Crippen LogP contribution < -0.4 is 5.32 Å². The van der Waals surface area contributed by atoms with E-state index in [4.69, 9.17) is 4.74 Å². The van der Waals surface area contributed by atoms with Crippen LogP contribution >= 0.6 is 11.3 Å². The Bertz CT molecular complexity index is 1160. The first-order chi connectivity index (χ1) is 17.4. The number of nitrogens with zero attached hydrogens (tertiary/aromatic N) is 2. The Morgan fingerprint density at radius 1 is 1.06 bits per heavy atom. The van der Waals surface area contributed by atoms with Crippen molar-refractivity contribution in [1.82, 2.24) is 9.80 Å². The summed E-state index contributed by atoms with van der Waals surface area (Å²) in [4.78, 5) is 31.2. The lowest BCUT2D eigenvalue weighted by Crippen LogP contribution is -2.46. The van der Waals surface area contributed by atoms with Gasteiger partial charge >= 0.3 is 6.03 Å². The molecule has 1 aliphatic heterocycles. The van der Waals surface area contributed by atoms with E-state index in [0.717, 1.165) is 34.4 Å².